The monoisotopic (exact) mass is 218 g/mol. The Balaban J connectivity index is 2.60. The average Bonchev–Trinajstić information content (AvgIpc) is 2.30. The van der Waals surface area contributed by atoms with Gasteiger partial charge in [-0.25, -0.2) is 4.98 Å². The Labute approximate surface area is 91.8 Å². The Kier molecular flexibility index (Phi) is 2.87. The van der Waals surface area contributed by atoms with Gasteiger partial charge in [0.05, 0.1) is 0 Å². The van der Waals surface area contributed by atoms with Crippen LogP contribution >= 0.6 is 11.8 Å². The van der Waals surface area contributed by atoms with Crippen LogP contribution in [0, 0.1) is 0 Å². The van der Waals surface area contributed by atoms with Crippen LogP contribution in [0.25, 0.3) is 5.69 Å². The molecule has 1 aromatic carbocycles. The third-order valence-electron chi connectivity index (χ3n) is 2.04. The standard InChI is InChI=1S/C11H10N2OS/c1-15-10-11(14)13(8-7-12-10)9-5-3-2-4-6-9/h2-8H,1H3. The van der Waals surface area contributed by atoms with Gasteiger partial charge in [0.25, 0.3) is 5.56 Å². The highest BCUT2D eigenvalue weighted by Gasteiger charge is 2.03. The van der Waals surface area contributed by atoms with Gasteiger partial charge in [0.2, 0.25) is 0 Å². The number of thioether (sulfide) groups is 1. The lowest BCUT2D eigenvalue weighted by molar-refractivity contribution is 0.884. The van der Waals surface area contributed by atoms with Crippen LogP contribution in [0.4, 0.5) is 0 Å². The van der Waals surface area contributed by atoms with Crippen LogP contribution in [0.5, 0.6) is 0 Å². The molecule has 2 aromatic rings. The maximum absolute atomic E-state index is 11.9. The van der Waals surface area contributed by atoms with Gasteiger partial charge in [-0.2, -0.15) is 0 Å². The summed E-state index contributed by atoms with van der Waals surface area (Å²) < 4.78 is 1.60. The highest BCUT2D eigenvalue weighted by atomic mass is 32.2. The predicted octanol–water partition coefficient (Wildman–Crippen LogP) is 1.95. The Morgan fingerprint density at radius 1 is 1.27 bits per heavy atom. The molecule has 0 radical (unpaired) electrons. The molecule has 0 aliphatic rings. The summed E-state index contributed by atoms with van der Waals surface area (Å²) in [5, 5.41) is 0.515. The fourth-order valence-electron chi connectivity index (χ4n) is 1.33. The first-order chi connectivity index (χ1) is 7.33. The minimum absolute atomic E-state index is 0.0730. The van der Waals surface area contributed by atoms with Crippen molar-refractivity contribution < 1.29 is 0 Å². The molecule has 1 heterocycles. The fourth-order valence-corrected chi connectivity index (χ4v) is 1.76. The molecule has 15 heavy (non-hydrogen) atoms. The van der Waals surface area contributed by atoms with Crippen molar-refractivity contribution in [3.63, 3.8) is 0 Å². The Hall–Kier alpha value is -1.55. The van der Waals surface area contributed by atoms with Crippen molar-refractivity contribution in [1.29, 1.82) is 0 Å². The van der Waals surface area contributed by atoms with E-state index in [1.165, 1.54) is 11.8 Å². The molecule has 0 unspecified atom stereocenters. The third-order valence-corrected chi connectivity index (χ3v) is 2.70. The smallest absolute Gasteiger partial charge is 0.280 e. The van der Waals surface area contributed by atoms with Crippen LogP contribution in [-0.4, -0.2) is 15.8 Å². The molecule has 0 saturated carbocycles. The summed E-state index contributed by atoms with van der Waals surface area (Å²) in [4.78, 5) is 15.9. The zero-order chi connectivity index (χ0) is 10.7. The third kappa shape index (κ3) is 1.94. The van der Waals surface area contributed by atoms with Crippen molar-refractivity contribution in [2.45, 2.75) is 5.03 Å². The van der Waals surface area contributed by atoms with Crippen molar-refractivity contribution in [1.82, 2.24) is 9.55 Å². The molecule has 0 spiro atoms. The lowest BCUT2D eigenvalue weighted by Crippen LogP contribution is -2.20. The van der Waals surface area contributed by atoms with Gasteiger partial charge < -0.3 is 0 Å². The van der Waals surface area contributed by atoms with E-state index in [2.05, 4.69) is 4.98 Å². The van der Waals surface area contributed by atoms with Crippen molar-refractivity contribution in [2.75, 3.05) is 6.26 Å². The first-order valence-electron chi connectivity index (χ1n) is 4.50. The van der Waals surface area contributed by atoms with Crippen molar-refractivity contribution >= 4 is 11.8 Å². The molecule has 76 valence electrons. The summed E-state index contributed by atoms with van der Waals surface area (Å²) >= 11 is 1.36. The van der Waals surface area contributed by atoms with Gasteiger partial charge in [-0.1, -0.05) is 18.2 Å². The number of rotatable bonds is 2. The van der Waals surface area contributed by atoms with Crippen molar-refractivity contribution in [3.8, 4) is 5.69 Å². The molecule has 0 aliphatic carbocycles. The van der Waals surface area contributed by atoms with E-state index in [4.69, 9.17) is 0 Å². The van der Waals surface area contributed by atoms with Gasteiger partial charge in [0, 0.05) is 18.1 Å². The quantitative estimate of drug-likeness (QED) is 0.723. The number of hydrogen-bond donors (Lipinski definition) is 0. The first kappa shape index (κ1) is 9.98. The van der Waals surface area contributed by atoms with Gasteiger partial charge in [0.1, 0.15) is 0 Å². The van der Waals surface area contributed by atoms with Gasteiger partial charge in [-0.3, -0.25) is 9.36 Å². The van der Waals surface area contributed by atoms with Crippen molar-refractivity contribution in [3.05, 3.63) is 53.1 Å². The molecule has 0 N–H and O–H groups in total. The lowest BCUT2D eigenvalue weighted by atomic mass is 10.3. The molecule has 0 fully saturated rings. The van der Waals surface area contributed by atoms with E-state index in [9.17, 15) is 4.79 Å². The van der Waals surface area contributed by atoms with Crippen LogP contribution in [0.1, 0.15) is 0 Å². The second-order valence-electron chi connectivity index (χ2n) is 2.95. The second kappa shape index (κ2) is 4.31. The SMILES string of the molecule is CSc1nccn(-c2ccccc2)c1=O. The molecule has 0 bridgehead atoms. The molecule has 0 amide bonds. The number of aromatic nitrogens is 2. The van der Waals surface area contributed by atoms with Crippen LogP contribution in [0.15, 0.2) is 52.5 Å². The number of para-hydroxylation sites is 1. The van der Waals surface area contributed by atoms with E-state index in [0.29, 0.717) is 5.03 Å². The van der Waals surface area contributed by atoms with Crippen LogP contribution < -0.4 is 5.56 Å². The minimum Gasteiger partial charge on any atom is -0.280 e. The fraction of sp³-hybridized carbons (Fsp3) is 0.0909. The van der Waals surface area contributed by atoms with E-state index in [1.54, 1.807) is 17.0 Å². The number of hydrogen-bond acceptors (Lipinski definition) is 3. The molecule has 0 aliphatic heterocycles. The van der Waals surface area contributed by atoms with Gasteiger partial charge in [-0.15, -0.1) is 11.8 Å². The number of nitrogens with zero attached hydrogens (tertiary/aromatic N) is 2. The molecular weight excluding hydrogens is 208 g/mol. The molecular formula is C11H10N2OS. The summed E-state index contributed by atoms with van der Waals surface area (Å²) in [5.74, 6) is 0. The summed E-state index contributed by atoms with van der Waals surface area (Å²) in [7, 11) is 0. The molecule has 2 rings (SSSR count). The van der Waals surface area contributed by atoms with Gasteiger partial charge in [0.15, 0.2) is 5.03 Å². The Morgan fingerprint density at radius 2 is 2.00 bits per heavy atom. The highest BCUT2D eigenvalue weighted by Crippen LogP contribution is 2.07. The largest absolute Gasteiger partial charge is 0.287 e. The normalized spacial score (nSPS) is 10.2. The molecule has 0 atom stereocenters. The maximum atomic E-state index is 11.9. The second-order valence-corrected chi connectivity index (χ2v) is 3.74. The molecule has 0 saturated heterocycles. The maximum Gasteiger partial charge on any atom is 0.287 e. The van der Waals surface area contributed by atoms with E-state index in [0.717, 1.165) is 5.69 Å². The molecule has 1 aromatic heterocycles. The predicted molar refractivity (Wildman–Crippen MR) is 61.6 cm³/mol. The first-order valence-corrected chi connectivity index (χ1v) is 5.72. The molecule has 3 nitrogen and oxygen atoms in total. The van der Waals surface area contributed by atoms with E-state index in [1.807, 2.05) is 36.6 Å². The Morgan fingerprint density at radius 3 is 2.67 bits per heavy atom. The summed E-state index contributed by atoms with van der Waals surface area (Å²) in [6, 6.07) is 9.52. The van der Waals surface area contributed by atoms with E-state index >= 15 is 0 Å². The zero-order valence-electron chi connectivity index (χ0n) is 8.25. The minimum atomic E-state index is -0.0730. The van der Waals surface area contributed by atoms with Gasteiger partial charge >= 0.3 is 0 Å². The summed E-state index contributed by atoms with van der Waals surface area (Å²) in [6.45, 7) is 0. The lowest BCUT2D eigenvalue weighted by Gasteiger charge is -2.05. The van der Waals surface area contributed by atoms with E-state index < -0.39 is 0 Å². The van der Waals surface area contributed by atoms with Gasteiger partial charge in [-0.05, 0) is 18.4 Å². The van der Waals surface area contributed by atoms with Crippen molar-refractivity contribution in [2.24, 2.45) is 0 Å². The molecule has 4 heteroatoms. The summed E-state index contributed by atoms with van der Waals surface area (Å²) in [5.41, 5.74) is 0.788. The summed E-state index contributed by atoms with van der Waals surface area (Å²) in [6.07, 6.45) is 5.16. The van der Waals surface area contributed by atoms with Crippen LogP contribution in [-0.2, 0) is 0 Å². The highest BCUT2D eigenvalue weighted by molar-refractivity contribution is 7.98. The number of benzene rings is 1. The van der Waals surface area contributed by atoms with Crippen LogP contribution in [0.3, 0.4) is 0 Å². The topological polar surface area (TPSA) is 34.9 Å². The van der Waals surface area contributed by atoms with Crippen LogP contribution in [0.2, 0.25) is 0 Å². The van der Waals surface area contributed by atoms with E-state index in [-0.39, 0.29) is 5.56 Å². The Bertz CT molecular complexity index is 507. The zero-order valence-corrected chi connectivity index (χ0v) is 9.07. The average molecular weight is 218 g/mol.